The van der Waals surface area contributed by atoms with E-state index in [4.69, 9.17) is 4.74 Å². The Morgan fingerprint density at radius 3 is 2.39 bits per heavy atom. The Labute approximate surface area is 112 Å². The highest BCUT2D eigenvalue weighted by molar-refractivity contribution is 5.69. The lowest BCUT2D eigenvalue weighted by molar-refractivity contribution is -0.148. The summed E-state index contributed by atoms with van der Waals surface area (Å²) in [6.45, 7) is 5.96. The van der Waals surface area contributed by atoms with Gasteiger partial charge >= 0.3 is 5.97 Å². The van der Waals surface area contributed by atoms with Crippen LogP contribution >= 0.6 is 0 Å². The Morgan fingerprint density at radius 2 is 1.72 bits per heavy atom. The zero-order valence-electron chi connectivity index (χ0n) is 12.2. The van der Waals surface area contributed by atoms with E-state index in [1.165, 1.54) is 12.8 Å². The van der Waals surface area contributed by atoms with Gasteiger partial charge < -0.3 is 4.74 Å². The molecule has 0 rings (SSSR count). The first kappa shape index (κ1) is 16.9. The highest BCUT2D eigenvalue weighted by atomic mass is 16.5. The molecule has 0 radical (unpaired) electrons. The Hall–Kier alpha value is -1.05. The Balaban J connectivity index is 3.41. The predicted octanol–water partition coefficient (Wildman–Crippen LogP) is 4.80. The summed E-state index contributed by atoms with van der Waals surface area (Å²) in [5, 5.41) is 0. The first-order valence-corrected chi connectivity index (χ1v) is 7.12. The molecular weight excluding hydrogens is 224 g/mol. The fraction of sp³-hybridized carbons (Fsp3) is 0.688. The molecule has 2 nitrogen and oxygen atoms in total. The molecule has 1 unspecified atom stereocenters. The quantitative estimate of drug-likeness (QED) is 0.317. The molecule has 1 atom stereocenters. The second kappa shape index (κ2) is 12.4. The molecule has 0 heterocycles. The lowest BCUT2D eigenvalue weighted by atomic mass is 10.1. The fourth-order valence-electron chi connectivity index (χ4n) is 1.71. The molecule has 0 aliphatic carbocycles. The highest BCUT2D eigenvalue weighted by Gasteiger charge is 2.07. The van der Waals surface area contributed by atoms with Gasteiger partial charge in [0.05, 0.1) is 0 Å². The molecule has 0 saturated heterocycles. The molecule has 0 amide bonds. The smallest absolute Gasteiger partial charge is 0.306 e. The van der Waals surface area contributed by atoms with E-state index in [9.17, 15) is 4.79 Å². The summed E-state index contributed by atoms with van der Waals surface area (Å²) in [4.78, 5) is 11.5. The topological polar surface area (TPSA) is 26.3 Å². The second-order valence-corrected chi connectivity index (χ2v) is 4.63. The SMILES string of the molecule is C/C=C/CCCCCCC(=O)OC(C)C/C=C/C. The van der Waals surface area contributed by atoms with Gasteiger partial charge in [0.2, 0.25) is 0 Å². The van der Waals surface area contributed by atoms with Crippen molar-refractivity contribution in [2.45, 2.75) is 71.8 Å². The van der Waals surface area contributed by atoms with Crippen LogP contribution in [0.25, 0.3) is 0 Å². The standard InChI is InChI=1S/C16H28O2/c1-4-6-8-9-10-11-12-14-16(17)18-15(3)13-7-5-2/h4-7,15H,8-14H2,1-3H3/b6-4+,7-5+. The van der Waals surface area contributed by atoms with E-state index in [-0.39, 0.29) is 12.1 Å². The molecule has 0 aromatic heterocycles. The predicted molar refractivity (Wildman–Crippen MR) is 77.5 cm³/mol. The maximum atomic E-state index is 11.5. The largest absolute Gasteiger partial charge is 0.462 e. The van der Waals surface area contributed by atoms with Crippen molar-refractivity contribution in [1.29, 1.82) is 0 Å². The van der Waals surface area contributed by atoms with Crippen molar-refractivity contribution >= 4 is 5.97 Å². The summed E-state index contributed by atoms with van der Waals surface area (Å²) in [5.74, 6) is -0.0551. The summed E-state index contributed by atoms with van der Waals surface area (Å²) >= 11 is 0. The molecule has 0 saturated carbocycles. The van der Waals surface area contributed by atoms with E-state index in [2.05, 4.69) is 12.2 Å². The van der Waals surface area contributed by atoms with E-state index in [0.717, 1.165) is 25.7 Å². The number of hydrogen-bond acceptors (Lipinski definition) is 2. The van der Waals surface area contributed by atoms with Gasteiger partial charge in [0.15, 0.2) is 0 Å². The summed E-state index contributed by atoms with van der Waals surface area (Å²) in [5.41, 5.74) is 0. The molecule has 0 bridgehead atoms. The molecule has 0 aromatic carbocycles. The van der Waals surface area contributed by atoms with Crippen LogP contribution in [0.2, 0.25) is 0 Å². The summed E-state index contributed by atoms with van der Waals surface area (Å²) in [6.07, 6.45) is 15.3. The van der Waals surface area contributed by atoms with Crippen molar-refractivity contribution in [2.24, 2.45) is 0 Å². The van der Waals surface area contributed by atoms with Crippen molar-refractivity contribution in [2.75, 3.05) is 0 Å². The van der Waals surface area contributed by atoms with Crippen LogP contribution in [0.15, 0.2) is 24.3 Å². The number of hydrogen-bond donors (Lipinski definition) is 0. The van der Waals surface area contributed by atoms with Crippen LogP contribution in [-0.4, -0.2) is 12.1 Å². The van der Waals surface area contributed by atoms with Gasteiger partial charge in [0, 0.05) is 12.8 Å². The molecule has 0 fully saturated rings. The van der Waals surface area contributed by atoms with Gasteiger partial charge in [-0.25, -0.2) is 0 Å². The third-order valence-corrected chi connectivity index (χ3v) is 2.77. The third kappa shape index (κ3) is 11.4. The Bertz CT molecular complexity index is 254. The second-order valence-electron chi connectivity index (χ2n) is 4.63. The number of esters is 1. The average molecular weight is 252 g/mol. The fourth-order valence-corrected chi connectivity index (χ4v) is 1.71. The monoisotopic (exact) mass is 252 g/mol. The maximum absolute atomic E-state index is 11.5. The summed E-state index contributed by atoms with van der Waals surface area (Å²) < 4.78 is 5.30. The van der Waals surface area contributed by atoms with E-state index in [1.54, 1.807) is 0 Å². The van der Waals surface area contributed by atoms with Gasteiger partial charge in [-0.1, -0.05) is 37.1 Å². The lowest BCUT2D eigenvalue weighted by Crippen LogP contribution is -2.13. The van der Waals surface area contributed by atoms with Crippen molar-refractivity contribution in [3.05, 3.63) is 24.3 Å². The maximum Gasteiger partial charge on any atom is 0.306 e. The van der Waals surface area contributed by atoms with Gasteiger partial charge in [-0.3, -0.25) is 4.79 Å². The van der Waals surface area contributed by atoms with Crippen LogP contribution in [0.4, 0.5) is 0 Å². The van der Waals surface area contributed by atoms with E-state index < -0.39 is 0 Å². The number of carbonyl (C=O) groups excluding carboxylic acids is 1. The van der Waals surface area contributed by atoms with Gasteiger partial charge in [-0.2, -0.15) is 0 Å². The lowest BCUT2D eigenvalue weighted by Gasteiger charge is -2.10. The van der Waals surface area contributed by atoms with Crippen molar-refractivity contribution in [3.63, 3.8) is 0 Å². The van der Waals surface area contributed by atoms with E-state index in [0.29, 0.717) is 6.42 Å². The van der Waals surface area contributed by atoms with Gasteiger partial charge in [-0.15, -0.1) is 0 Å². The number of carbonyl (C=O) groups is 1. The summed E-state index contributed by atoms with van der Waals surface area (Å²) in [6, 6.07) is 0. The number of rotatable bonds is 10. The van der Waals surface area contributed by atoms with Gasteiger partial charge in [0.25, 0.3) is 0 Å². The van der Waals surface area contributed by atoms with Crippen LogP contribution in [0.1, 0.15) is 65.7 Å². The molecule has 0 spiro atoms. The van der Waals surface area contributed by atoms with Gasteiger partial charge in [0.1, 0.15) is 6.10 Å². The molecule has 104 valence electrons. The summed E-state index contributed by atoms with van der Waals surface area (Å²) in [7, 11) is 0. The zero-order valence-corrected chi connectivity index (χ0v) is 12.2. The molecule has 18 heavy (non-hydrogen) atoms. The minimum absolute atomic E-state index is 0.00314. The van der Waals surface area contributed by atoms with Crippen LogP contribution in [0.5, 0.6) is 0 Å². The Morgan fingerprint density at radius 1 is 1.06 bits per heavy atom. The number of ether oxygens (including phenoxy) is 1. The highest BCUT2D eigenvalue weighted by Crippen LogP contribution is 2.08. The minimum atomic E-state index is -0.0551. The first-order valence-electron chi connectivity index (χ1n) is 7.12. The van der Waals surface area contributed by atoms with Crippen molar-refractivity contribution < 1.29 is 9.53 Å². The number of unbranched alkanes of at least 4 members (excludes halogenated alkanes) is 4. The van der Waals surface area contributed by atoms with Crippen LogP contribution in [0, 0.1) is 0 Å². The molecule has 0 aromatic rings. The normalized spacial score (nSPS) is 13.3. The molecule has 0 aliphatic heterocycles. The molecule has 0 N–H and O–H groups in total. The van der Waals surface area contributed by atoms with Gasteiger partial charge in [-0.05, 0) is 40.0 Å². The van der Waals surface area contributed by atoms with Crippen molar-refractivity contribution in [3.8, 4) is 0 Å². The van der Waals surface area contributed by atoms with Crippen LogP contribution in [0.3, 0.4) is 0 Å². The van der Waals surface area contributed by atoms with Crippen LogP contribution < -0.4 is 0 Å². The van der Waals surface area contributed by atoms with E-state index >= 15 is 0 Å². The van der Waals surface area contributed by atoms with E-state index in [1.807, 2.05) is 32.9 Å². The average Bonchev–Trinajstić information content (AvgIpc) is 2.35. The molecular formula is C16H28O2. The molecule has 0 aliphatic rings. The minimum Gasteiger partial charge on any atom is -0.462 e. The first-order chi connectivity index (χ1) is 8.70. The third-order valence-electron chi connectivity index (χ3n) is 2.77. The zero-order chi connectivity index (χ0) is 13.6. The van der Waals surface area contributed by atoms with Crippen LogP contribution in [-0.2, 0) is 9.53 Å². The Kier molecular flexibility index (Phi) is 11.7. The number of allylic oxidation sites excluding steroid dienone is 3. The van der Waals surface area contributed by atoms with Crippen molar-refractivity contribution in [1.82, 2.24) is 0 Å². The molecule has 2 heteroatoms.